The number of hydrogen-bond donors (Lipinski definition) is 2. The van der Waals surface area contributed by atoms with E-state index >= 15 is 0 Å². The van der Waals surface area contributed by atoms with Gasteiger partial charge in [-0.2, -0.15) is 0 Å². The number of benzene rings is 1. The Balaban J connectivity index is 2.26. The van der Waals surface area contributed by atoms with Crippen LogP contribution in [-0.2, 0) is 0 Å². The van der Waals surface area contributed by atoms with E-state index in [1.54, 1.807) is 6.07 Å². The van der Waals surface area contributed by atoms with Gasteiger partial charge in [-0.05, 0) is 43.9 Å². The minimum absolute atomic E-state index is 0.0365. The zero-order valence-electron chi connectivity index (χ0n) is 10.8. The largest absolute Gasteiger partial charge is 0.394 e. The van der Waals surface area contributed by atoms with Crippen LogP contribution < -0.4 is 10.6 Å². The minimum atomic E-state index is -0.245. The summed E-state index contributed by atoms with van der Waals surface area (Å²) in [6.45, 7) is 2.72. The molecule has 2 rings (SSSR count). The van der Waals surface area contributed by atoms with Gasteiger partial charge in [0.05, 0.1) is 18.3 Å². The van der Waals surface area contributed by atoms with Crippen LogP contribution in [0.5, 0.6) is 0 Å². The van der Waals surface area contributed by atoms with Crippen molar-refractivity contribution in [1.29, 1.82) is 0 Å². The fraction of sp³-hybridized carbons (Fsp3) is 0.571. The van der Waals surface area contributed by atoms with Crippen molar-refractivity contribution in [1.82, 2.24) is 0 Å². The fourth-order valence-electron chi connectivity index (χ4n) is 2.55. The Morgan fingerprint density at radius 2 is 2.28 bits per heavy atom. The third-order valence-electron chi connectivity index (χ3n) is 3.64. The molecule has 1 aliphatic heterocycles. The Morgan fingerprint density at radius 1 is 1.50 bits per heavy atom. The maximum atomic E-state index is 14.1. The summed E-state index contributed by atoms with van der Waals surface area (Å²) in [5, 5.41) is 9.37. The predicted molar refractivity (Wildman–Crippen MR) is 71.1 cm³/mol. The molecule has 1 saturated heterocycles. The normalized spacial score (nSPS) is 22.0. The van der Waals surface area contributed by atoms with E-state index in [1.807, 2.05) is 17.9 Å². The quantitative estimate of drug-likeness (QED) is 0.867. The first-order valence-corrected chi connectivity index (χ1v) is 6.56. The lowest BCUT2D eigenvalue weighted by molar-refractivity contribution is 0.239. The number of hydrogen-bond acceptors (Lipinski definition) is 3. The highest BCUT2D eigenvalue weighted by molar-refractivity contribution is 5.51. The Labute approximate surface area is 107 Å². The maximum absolute atomic E-state index is 14.1. The Kier molecular flexibility index (Phi) is 4.19. The molecule has 1 aromatic rings. The summed E-state index contributed by atoms with van der Waals surface area (Å²) >= 11 is 0. The molecule has 1 heterocycles. The van der Waals surface area contributed by atoms with E-state index in [0.29, 0.717) is 5.69 Å². The van der Waals surface area contributed by atoms with Crippen molar-refractivity contribution < 1.29 is 9.50 Å². The van der Waals surface area contributed by atoms with Gasteiger partial charge in [0.25, 0.3) is 0 Å². The van der Waals surface area contributed by atoms with Gasteiger partial charge in [0.2, 0.25) is 0 Å². The SMILES string of the molecule is C[C@H](N)c1ccc(N2CCCCC2CO)c(F)c1. The number of anilines is 1. The van der Waals surface area contributed by atoms with Gasteiger partial charge in [-0.15, -0.1) is 0 Å². The number of piperidine rings is 1. The van der Waals surface area contributed by atoms with Crippen LogP contribution in [0.15, 0.2) is 18.2 Å². The molecule has 1 unspecified atom stereocenters. The van der Waals surface area contributed by atoms with Gasteiger partial charge in [-0.3, -0.25) is 0 Å². The van der Waals surface area contributed by atoms with Crippen molar-refractivity contribution in [2.24, 2.45) is 5.73 Å². The molecule has 0 radical (unpaired) electrons. The first-order valence-electron chi connectivity index (χ1n) is 6.56. The molecule has 1 aromatic carbocycles. The first-order chi connectivity index (χ1) is 8.63. The third kappa shape index (κ3) is 2.65. The van der Waals surface area contributed by atoms with E-state index in [2.05, 4.69) is 0 Å². The van der Waals surface area contributed by atoms with Gasteiger partial charge in [-0.25, -0.2) is 4.39 Å². The molecule has 1 fully saturated rings. The summed E-state index contributed by atoms with van der Waals surface area (Å²) in [6.07, 6.45) is 3.07. The number of aliphatic hydroxyl groups excluding tert-OH is 1. The second-order valence-electron chi connectivity index (χ2n) is 5.03. The van der Waals surface area contributed by atoms with Gasteiger partial charge in [-0.1, -0.05) is 6.07 Å². The third-order valence-corrected chi connectivity index (χ3v) is 3.64. The van der Waals surface area contributed by atoms with Gasteiger partial charge in [0.15, 0.2) is 0 Å². The fourth-order valence-corrected chi connectivity index (χ4v) is 2.55. The van der Waals surface area contributed by atoms with E-state index in [4.69, 9.17) is 5.73 Å². The van der Waals surface area contributed by atoms with Crippen LogP contribution in [0.1, 0.15) is 37.8 Å². The van der Waals surface area contributed by atoms with Crippen LogP contribution in [0.2, 0.25) is 0 Å². The van der Waals surface area contributed by atoms with Crippen LogP contribution in [0.4, 0.5) is 10.1 Å². The molecular weight excluding hydrogens is 231 g/mol. The van der Waals surface area contributed by atoms with Crippen molar-refractivity contribution >= 4 is 5.69 Å². The van der Waals surface area contributed by atoms with E-state index in [0.717, 1.165) is 31.4 Å². The maximum Gasteiger partial charge on any atom is 0.146 e. The van der Waals surface area contributed by atoms with E-state index in [9.17, 15) is 9.50 Å². The summed E-state index contributed by atoms with van der Waals surface area (Å²) < 4.78 is 14.1. The van der Waals surface area contributed by atoms with Gasteiger partial charge < -0.3 is 15.7 Å². The summed E-state index contributed by atoms with van der Waals surface area (Å²) in [7, 11) is 0. The second-order valence-corrected chi connectivity index (χ2v) is 5.03. The zero-order valence-corrected chi connectivity index (χ0v) is 10.8. The summed E-state index contributed by atoms with van der Waals surface area (Å²) in [5.41, 5.74) is 7.13. The molecule has 18 heavy (non-hydrogen) atoms. The molecule has 0 bridgehead atoms. The van der Waals surface area contributed by atoms with Crippen LogP contribution in [0.3, 0.4) is 0 Å². The minimum Gasteiger partial charge on any atom is -0.394 e. The standard InChI is InChI=1S/C14H21FN2O/c1-10(16)11-5-6-14(13(15)8-11)17-7-3-2-4-12(17)9-18/h5-6,8,10,12,18H,2-4,7,9,16H2,1H3/t10-,12?/m0/s1. The van der Waals surface area contributed by atoms with Crippen LogP contribution >= 0.6 is 0 Å². The van der Waals surface area contributed by atoms with Crippen LogP contribution in [0.25, 0.3) is 0 Å². The number of nitrogens with two attached hydrogens (primary N) is 1. The lowest BCUT2D eigenvalue weighted by Crippen LogP contribution is -2.42. The number of halogens is 1. The molecule has 3 nitrogen and oxygen atoms in total. The average molecular weight is 252 g/mol. The predicted octanol–water partition coefficient (Wildman–Crippen LogP) is 2.20. The lowest BCUT2D eigenvalue weighted by atomic mass is 10.0. The highest BCUT2D eigenvalue weighted by Crippen LogP contribution is 2.28. The molecular formula is C14H21FN2O. The molecule has 100 valence electrons. The Hall–Kier alpha value is -1.13. The van der Waals surface area contributed by atoms with E-state index in [-0.39, 0.29) is 24.5 Å². The molecule has 2 atom stereocenters. The molecule has 0 amide bonds. The van der Waals surface area contributed by atoms with Crippen LogP contribution in [-0.4, -0.2) is 24.3 Å². The van der Waals surface area contributed by atoms with Gasteiger partial charge in [0.1, 0.15) is 5.82 Å². The molecule has 4 heteroatoms. The van der Waals surface area contributed by atoms with E-state index in [1.165, 1.54) is 6.07 Å². The van der Waals surface area contributed by atoms with Gasteiger partial charge in [0, 0.05) is 12.6 Å². The highest BCUT2D eigenvalue weighted by Gasteiger charge is 2.24. The van der Waals surface area contributed by atoms with Crippen molar-refractivity contribution in [3.8, 4) is 0 Å². The number of rotatable bonds is 3. The van der Waals surface area contributed by atoms with Crippen molar-refractivity contribution in [2.45, 2.75) is 38.3 Å². The molecule has 0 spiro atoms. The summed E-state index contributed by atoms with van der Waals surface area (Å²) in [6, 6.07) is 5.02. The summed E-state index contributed by atoms with van der Waals surface area (Å²) in [5.74, 6) is -0.245. The zero-order chi connectivity index (χ0) is 13.1. The molecule has 0 aromatic heterocycles. The second kappa shape index (κ2) is 5.67. The van der Waals surface area contributed by atoms with Crippen molar-refractivity contribution in [2.75, 3.05) is 18.1 Å². The monoisotopic (exact) mass is 252 g/mol. The smallest absolute Gasteiger partial charge is 0.146 e. The summed E-state index contributed by atoms with van der Waals surface area (Å²) in [4.78, 5) is 1.98. The van der Waals surface area contributed by atoms with Crippen molar-refractivity contribution in [3.63, 3.8) is 0 Å². The highest BCUT2D eigenvalue weighted by atomic mass is 19.1. The van der Waals surface area contributed by atoms with Crippen molar-refractivity contribution in [3.05, 3.63) is 29.6 Å². The molecule has 0 saturated carbocycles. The van der Waals surface area contributed by atoms with Gasteiger partial charge >= 0.3 is 0 Å². The molecule has 0 aliphatic carbocycles. The number of aliphatic hydroxyl groups is 1. The Bertz CT molecular complexity index is 409. The first kappa shape index (κ1) is 13.3. The average Bonchev–Trinajstić information content (AvgIpc) is 2.38. The molecule has 1 aliphatic rings. The van der Waals surface area contributed by atoms with Crippen LogP contribution in [0, 0.1) is 5.82 Å². The lowest BCUT2D eigenvalue weighted by Gasteiger charge is -2.36. The Morgan fingerprint density at radius 3 is 2.89 bits per heavy atom. The topological polar surface area (TPSA) is 49.5 Å². The molecule has 3 N–H and O–H groups in total. The van der Waals surface area contributed by atoms with E-state index < -0.39 is 0 Å². The number of nitrogens with zero attached hydrogens (tertiary/aromatic N) is 1.